The molecule has 88 valence electrons. The van der Waals surface area contributed by atoms with Gasteiger partial charge in [-0.3, -0.25) is 0 Å². The highest BCUT2D eigenvalue weighted by Crippen LogP contribution is 2.23. The molecule has 0 fully saturated rings. The number of nitrogens with zero attached hydrogens (tertiary/aromatic N) is 2. The van der Waals surface area contributed by atoms with Crippen molar-refractivity contribution >= 4 is 11.5 Å². The molecule has 4 nitrogen and oxygen atoms in total. The van der Waals surface area contributed by atoms with E-state index in [2.05, 4.69) is 34.3 Å². The smallest absolute Gasteiger partial charge is 0.153 e. The Morgan fingerprint density at radius 3 is 2.71 bits per heavy atom. The third kappa shape index (κ3) is 2.72. The third-order valence-corrected chi connectivity index (χ3v) is 2.66. The highest BCUT2D eigenvalue weighted by atomic mass is 15.1. The first-order valence-corrected chi connectivity index (χ1v) is 5.68. The Labute approximate surface area is 101 Å². The summed E-state index contributed by atoms with van der Waals surface area (Å²) in [6, 6.07) is 10.5. The standard InChI is InChI=1S/C13H16N4/c1-2-12(10-6-4-3-5-7-10)17-13-11(14)8-15-9-16-13/h3-9,12H,2,14H2,1H3,(H,15,16,17). The molecule has 2 aromatic rings. The first-order valence-electron chi connectivity index (χ1n) is 5.68. The van der Waals surface area contributed by atoms with Gasteiger partial charge in [-0.05, 0) is 12.0 Å². The lowest BCUT2D eigenvalue weighted by atomic mass is 10.0. The van der Waals surface area contributed by atoms with Gasteiger partial charge in [-0.25, -0.2) is 9.97 Å². The maximum absolute atomic E-state index is 5.81. The fraction of sp³-hybridized carbons (Fsp3) is 0.231. The lowest BCUT2D eigenvalue weighted by molar-refractivity contribution is 0.744. The quantitative estimate of drug-likeness (QED) is 0.844. The van der Waals surface area contributed by atoms with Gasteiger partial charge in [0.05, 0.1) is 17.9 Å². The highest BCUT2D eigenvalue weighted by Gasteiger charge is 2.10. The van der Waals surface area contributed by atoms with E-state index in [-0.39, 0.29) is 6.04 Å². The predicted octanol–water partition coefficient (Wildman–Crippen LogP) is 2.62. The molecule has 1 aromatic carbocycles. The number of nitrogen functional groups attached to an aromatic ring is 1. The fourth-order valence-corrected chi connectivity index (χ4v) is 1.73. The van der Waals surface area contributed by atoms with Gasteiger partial charge in [-0.15, -0.1) is 0 Å². The lowest BCUT2D eigenvalue weighted by Gasteiger charge is -2.18. The summed E-state index contributed by atoms with van der Waals surface area (Å²) < 4.78 is 0. The van der Waals surface area contributed by atoms with Gasteiger partial charge in [0, 0.05) is 0 Å². The van der Waals surface area contributed by atoms with Gasteiger partial charge >= 0.3 is 0 Å². The molecule has 17 heavy (non-hydrogen) atoms. The highest BCUT2D eigenvalue weighted by molar-refractivity contribution is 5.59. The van der Waals surface area contributed by atoms with Crippen LogP contribution in [0, 0.1) is 0 Å². The van der Waals surface area contributed by atoms with E-state index in [1.165, 1.54) is 11.9 Å². The fourth-order valence-electron chi connectivity index (χ4n) is 1.73. The summed E-state index contributed by atoms with van der Waals surface area (Å²) >= 11 is 0. The van der Waals surface area contributed by atoms with Crippen molar-refractivity contribution in [3.05, 3.63) is 48.4 Å². The first kappa shape index (κ1) is 11.4. The Morgan fingerprint density at radius 2 is 2.06 bits per heavy atom. The summed E-state index contributed by atoms with van der Waals surface area (Å²) in [5.74, 6) is 0.690. The Morgan fingerprint density at radius 1 is 1.29 bits per heavy atom. The van der Waals surface area contributed by atoms with Crippen molar-refractivity contribution in [1.82, 2.24) is 9.97 Å². The molecule has 0 saturated heterocycles. The zero-order chi connectivity index (χ0) is 12.1. The summed E-state index contributed by atoms with van der Waals surface area (Å²) in [7, 11) is 0. The maximum atomic E-state index is 5.81. The molecule has 2 rings (SSSR count). The van der Waals surface area contributed by atoms with Crippen LogP contribution in [0.5, 0.6) is 0 Å². The van der Waals surface area contributed by atoms with Crippen molar-refractivity contribution in [2.45, 2.75) is 19.4 Å². The van der Waals surface area contributed by atoms with E-state index in [9.17, 15) is 0 Å². The molecule has 1 aromatic heterocycles. The summed E-state index contributed by atoms with van der Waals surface area (Å²) in [4.78, 5) is 8.02. The van der Waals surface area contributed by atoms with Gasteiger partial charge in [0.15, 0.2) is 5.82 Å². The van der Waals surface area contributed by atoms with Gasteiger partial charge in [-0.1, -0.05) is 37.3 Å². The van der Waals surface area contributed by atoms with Crippen LogP contribution in [0.4, 0.5) is 11.5 Å². The van der Waals surface area contributed by atoms with Gasteiger partial charge in [0.25, 0.3) is 0 Å². The van der Waals surface area contributed by atoms with Crippen LogP contribution in [-0.2, 0) is 0 Å². The van der Waals surface area contributed by atoms with Crippen LogP contribution >= 0.6 is 0 Å². The van der Waals surface area contributed by atoms with E-state index in [0.29, 0.717) is 11.5 Å². The van der Waals surface area contributed by atoms with Gasteiger partial charge in [0.2, 0.25) is 0 Å². The number of benzene rings is 1. The number of rotatable bonds is 4. The molecule has 0 aliphatic heterocycles. The second kappa shape index (κ2) is 5.30. The lowest BCUT2D eigenvalue weighted by Crippen LogP contribution is -2.12. The Balaban J connectivity index is 2.19. The van der Waals surface area contributed by atoms with E-state index in [1.54, 1.807) is 6.20 Å². The molecule has 1 atom stereocenters. The second-order valence-corrected chi connectivity index (χ2v) is 3.84. The molecule has 0 aliphatic rings. The van der Waals surface area contributed by atoms with Crippen LogP contribution in [0.2, 0.25) is 0 Å². The molecule has 0 bridgehead atoms. The number of hydrogen-bond acceptors (Lipinski definition) is 4. The van der Waals surface area contributed by atoms with Crippen molar-refractivity contribution in [2.24, 2.45) is 0 Å². The van der Waals surface area contributed by atoms with Crippen molar-refractivity contribution in [3.8, 4) is 0 Å². The van der Waals surface area contributed by atoms with Gasteiger partial charge in [-0.2, -0.15) is 0 Å². The average molecular weight is 228 g/mol. The van der Waals surface area contributed by atoms with Crippen LogP contribution in [0.1, 0.15) is 24.9 Å². The SMILES string of the molecule is CCC(Nc1ncncc1N)c1ccccc1. The molecular formula is C13H16N4. The molecule has 0 radical (unpaired) electrons. The van der Waals surface area contributed by atoms with Crippen molar-refractivity contribution in [3.63, 3.8) is 0 Å². The molecule has 0 spiro atoms. The number of aromatic nitrogens is 2. The van der Waals surface area contributed by atoms with E-state index in [4.69, 9.17) is 5.73 Å². The minimum atomic E-state index is 0.216. The Hall–Kier alpha value is -2.10. The monoisotopic (exact) mass is 228 g/mol. The second-order valence-electron chi connectivity index (χ2n) is 3.84. The molecular weight excluding hydrogens is 212 g/mol. The average Bonchev–Trinajstić information content (AvgIpc) is 2.39. The number of nitrogens with two attached hydrogens (primary N) is 1. The van der Waals surface area contributed by atoms with Crippen LogP contribution in [0.15, 0.2) is 42.9 Å². The molecule has 3 N–H and O–H groups in total. The van der Waals surface area contributed by atoms with Crippen molar-refractivity contribution in [1.29, 1.82) is 0 Å². The molecule has 0 saturated carbocycles. The van der Waals surface area contributed by atoms with Crippen LogP contribution < -0.4 is 11.1 Å². The largest absolute Gasteiger partial charge is 0.394 e. The number of nitrogens with one attached hydrogen (secondary N) is 1. The number of anilines is 2. The molecule has 0 aliphatic carbocycles. The molecule has 1 unspecified atom stereocenters. The van der Waals surface area contributed by atoms with Crippen LogP contribution in [0.3, 0.4) is 0 Å². The Kier molecular flexibility index (Phi) is 3.55. The first-order chi connectivity index (χ1) is 8.31. The minimum Gasteiger partial charge on any atom is -0.394 e. The van der Waals surface area contributed by atoms with Crippen molar-refractivity contribution in [2.75, 3.05) is 11.1 Å². The summed E-state index contributed by atoms with van der Waals surface area (Å²) in [6.07, 6.45) is 4.07. The zero-order valence-electron chi connectivity index (χ0n) is 9.80. The zero-order valence-corrected chi connectivity index (χ0v) is 9.80. The minimum absolute atomic E-state index is 0.216. The van der Waals surface area contributed by atoms with E-state index < -0.39 is 0 Å². The third-order valence-electron chi connectivity index (χ3n) is 2.66. The van der Waals surface area contributed by atoms with Gasteiger partial charge in [0.1, 0.15) is 6.33 Å². The normalized spacial score (nSPS) is 12.1. The summed E-state index contributed by atoms with van der Waals surface area (Å²) in [5.41, 5.74) is 7.61. The van der Waals surface area contributed by atoms with E-state index in [0.717, 1.165) is 6.42 Å². The van der Waals surface area contributed by atoms with E-state index >= 15 is 0 Å². The maximum Gasteiger partial charge on any atom is 0.153 e. The van der Waals surface area contributed by atoms with Crippen molar-refractivity contribution < 1.29 is 0 Å². The summed E-state index contributed by atoms with van der Waals surface area (Å²) in [5, 5.41) is 3.34. The van der Waals surface area contributed by atoms with Crippen LogP contribution in [0.25, 0.3) is 0 Å². The molecule has 1 heterocycles. The van der Waals surface area contributed by atoms with Crippen LogP contribution in [-0.4, -0.2) is 9.97 Å². The topological polar surface area (TPSA) is 63.8 Å². The Bertz CT molecular complexity index is 470. The number of hydrogen-bond donors (Lipinski definition) is 2. The van der Waals surface area contributed by atoms with Gasteiger partial charge < -0.3 is 11.1 Å². The predicted molar refractivity (Wildman–Crippen MR) is 69.5 cm³/mol. The van der Waals surface area contributed by atoms with E-state index in [1.807, 2.05) is 18.2 Å². The molecule has 4 heteroatoms. The summed E-state index contributed by atoms with van der Waals surface area (Å²) in [6.45, 7) is 2.13. The molecule has 0 amide bonds.